The van der Waals surface area contributed by atoms with Crippen LogP contribution in [0.4, 0.5) is 5.69 Å². The molecule has 1 aromatic heterocycles. The van der Waals surface area contributed by atoms with Gasteiger partial charge in [-0.3, -0.25) is 14.7 Å². The van der Waals surface area contributed by atoms with Crippen LogP contribution in [0.5, 0.6) is 0 Å². The first-order chi connectivity index (χ1) is 14.9. The highest BCUT2D eigenvalue weighted by Crippen LogP contribution is 2.38. The first kappa shape index (κ1) is 21.7. The summed E-state index contributed by atoms with van der Waals surface area (Å²) < 4.78 is 2.45. The van der Waals surface area contributed by atoms with Gasteiger partial charge >= 0.3 is 0 Å². The number of rotatable bonds is 5. The molecule has 0 spiro atoms. The summed E-state index contributed by atoms with van der Waals surface area (Å²) in [7, 11) is 0. The van der Waals surface area contributed by atoms with Crippen LogP contribution >= 0.6 is 12.2 Å². The fourth-order valence-corrected chi connectivity index (χ4v) is 5.47. The second-order valence-corrected chi connectivity index (χ2v) is 9.40. The summed E-state index contributed by atoms with van der Waals surface area (Å²) in [5, 5.41) is 10.1. The van der Waals surface area contributed by atoms with Crippen molar-refractivity contribution in [3.8, 4) is 0 Å². The molecule has 2 aliphatic rings. The van der Waals surface area contributed by atoms with Crippen molar-refractivity contribution in [3.63, 3.8) is 0 Å². The topological polar surface area (TPSA) is 83.0 Å². The van der Waals surface area contributed by atoms with E-state index < -0.39 is 0 Å². The monoisotopic (exact) mass is 441 g/mol. The van der Waals surface area contributed by atoms with E-state index in [2.05, 4.69) is 28.5 Å². The van der Waals surface area contributed by atoms with Crippen molar-refractivity contribution < 1.29 is 9.59 Å². The van der Waals surface area contributed by atoms with Gasteiger partial charge in [-0.1, -0.05) is 31.0 Å². The molecule has 31 heavy (non-hydrogen) atoms. The first-order valence-electron chi connectivity index (χ1n) is 11.2. The minimum Gasteiger partial charge on any atom is -0.349 e. The molecule has 3 atom stereocenters. The van der Waals surface area contributed by atoms with Crippen molar-refractivity contribution in [2.75, 3.05) is 4.90 Å². The molecular formula is C23H31N5O2S. The summed E-state index contributed by atoms with van der Waals surface area (Å²) in [5.41, 5.74) is 2.20. The molecule has 7 nitrogen and oxygen atoms in total. The zero-order chi connectivity index (χ0) is 22.1. The number of para-hydroxylation sites is 1. The Kier molecular flexibility index (Phi) is 6.27. The summed E-state index contributed by atoms with van der Waals surface area (Å²) in [6.45, 7) is 6.44. The third-order valence-corrected chi connectivity index (χ3v) is 6.87. The smallest absolute Gasteiger partial charge is 0.231 e. The van der Waals surface area contributed by atoms with Crippen LogP contribution in [0.3, 0.4) is 0 Å². The molecule has 1 fully saturated rings. The zero-order valence-corrected chi connectivity index (χ0v) is 19.2. The highest BCUT2D eigenvalue weighted by atomic mass is 32.1. The van der Waals surface area contributed by atoms with Gasteiger partial charge in [-0.05, 0) is 63.9 Å². The quantitative estimate of drug-likeness (QED) is 0.689. The molecule has 1 saturated carbocycles. The summed E-state index contributed by atoms with van der Waals surface area (Å²) in [6, 6.07) is 8.37. The minimum absolute atomic E-state index is 0.0672. The number of aromatic nitrogens is 3. The number of carbonyl (C=O) groups excluding carboxylic acids is 2. The number of benzene rings is 1. The van der Waals surface area contributed by atoms with Gasteiger partial charge in [-0.2, -0.15) is 5.10 Å². The van der Waals surface area contributed by atoms with Crippen LogP contribution in [0.15, 0.2) is 24.3 Å². The summed E-state index contributed by atoms with van der Waals surface area (Å²) in [6.07, 6.45) is 4.31. The van der Waals surface area contributed by atoms with Crippen molar-refractivity contribution >= 4 is 29.7 Å². The van der Waals surface area contributed by atoms with E-state index in [4.69, 9.17) is 12.2 Å². The van der Waals surface area contributed by atoms with E-state index >= 15 is 0 Å². The van der Waals surface area contributed by atoms with E-state index in [1.54, 1.807) is 0 Å². The van der Waals surface area contributed by atoms with E-state index in [9.17, 15) is 9.59 Å². The van der Waals surface area contributed by atoms with E-state index in [0.29, 0.717) is 17.1 Å². The highest BCUT2D eigenvalue weighted by Gasteiger charge is 2.41. The Hall–Kier alpha value is -2.48. The highest BCUT2D eigenvalue weighted by molar-refractivity contribution is 7.71. The lowest BCUT2D eigenvalue weighted by atomic mass is 9.77. The number of hydrogen-bond donors (Lipinski definition) is 2. The zero-order valence-electron chi connectivity index (χ0n) is 18.4. The van der Waals surface area contributed by atoms with Crippen LogP contribution in [0.25, 0.3) is 0 Å². The van der Waals surface area contributed by atoms with Crippen molar-refractivity contribution in [3.05, 3.63) is 40.4 Å². The van der Waals surface area contributed by atoms with Gasteiger partial charge in [0.25, 0.3) is 0 Å². The Morgan fingerprint density at radius 2 is 1.94 bits per heavy atom. The van der Waals surface area contributed by atoms with Crippen LogP contribution < -0.4 is 10.2 Å². The summed E-state index contributed by atoms with van der Waals surface area (Å²) in [5.74, 6) is 0.127. The Bertz CT molecular complexity index is 1030. The molecule has 1 aliphatic carbocycles. The largest absolute Gasteiger partial charge is 0.349 e. The molecule has 2 N–H and O–H groups in total. The van der Waals surface area contributed by atoms with Crippen LogP contribution in [-0.2, 0) is 22.6 Å². The molecule has 4 rings (SSSR count). The number of nitrogens with one attached hydrogen (secondary N) is 2. The molecule has 2 aromatic rings. The van der Waals surface area contributed by atoms with E-state index in [1.165, 1.54) is 5.56 Å². The van der Waals surface area contributed by atoms with E-state index in [0.717, 1.165) is 37.8 Å². The van der Waals surface area contributed by atoms with Gasteiger partial charge in [0.05, 0.1) is 12.5 Å². The standard InChI is InChI=1S/C23H31N5O2S/c1-14(2)27-20(25-26-23(27)31)13-24-21(29)17-9-5-6-10-18(17)22(30)28-15(3)12-16-8-4-7-11-19(16)28/h4,7-8,11,14-15,17-18H,5-6,9-10,12-13H2,1-3H3,(H,24,29)(H,26,31). The number of amides is 2. The molecule has 8 heteroatoms. The summed E-state index contributed by atoms with van der Waals surface area (Å²) in [4.78, 5) is 28.7. The van der Waals surface area contributed by atoms with Crippen molar-refractivity contribution in [1.82, 2.24) is 20.1 Å². The molecule has 0 radical (unpaired) electrons. The van der Waals surface area contributed by atoms with Gasteiger partial charge in [0.1, 0.15) is 0 Å². The second kappa shape index (κ2) is 8.94. The van der Waals surface area contributed by atoms with Crippen molar-refractivity contribution in [2.24, 2.45) is 11.8 Å². The number of fused-ring (bicyclic) bond motifs is 1. The van der Waals surface area contributed by atoms with Crippen molar-refractivity contribution in [1.29, 1.82) is 0 Å². The summed E-state index contributed by atoms with van der Waals surface area (Å²) >= 11 is 5.29. The van der Waals surface area contributed by atoms with Crippen LogP contribution in [0, 0.1) is 16.6 Å². The number of aromatic amines is 1. The Morgan fingerprint density at radius 3 is 2.68 bits per heavy atom. The fourth-order valence-electron chi connectivity index (χ4n) is 5.11. The number of anilines is 1. The Morgan fingerprint density at radius 1 is 1.23 bits per heavy atom. The van der Waals surface area contributed by atoms with E-state index in [-0.39, 0.29) is 35.7 Å². The van der Waals surface area contributed by atoms with Crippen LogP contribution in [0.2, 0.25) is 0 Å². The Labute approximate surface area is 188 Å². The van der Waals surface area contributed by atoms with Gasteiger partial charge in [0, 0.05) is 23.7 Å². The maximum absolute atomic E-state index is 13.6. The second-order valence-electron chi connectivity index (χ2n) is 9.01. The number of nitrogens with zero attached hydrogens (tertiary/aromatic N) is 3. The molecule has 1 aromatic carbocycles. The molecule has 0 saturated heterocycles. The van der Waals surface area contributed by atoms with E-state index in [1.807, 2.05) is 41.5 Å². The van der Waals surface area contributed by atoms with Gasteiger partial charge in [0.15, 0.2) is 10.6 Å². The van der Waals surface area contributed by atoms with Crippen LogP contribution in [-0.4, -0.2) is 32.6 Å². The lowest BCUT2D eigenvalue weighted by Gasteiger charge is -2.34. The molecule has 1 aliphatic heterocycles. The lowest BCUT2D eigenvalue weighted by Crippen LogP contribution is -2.47. The molecule has 2 amide bonds. The SMILES string of the molecule is CC1Cc2ccccc2N1C(=O)C1CCCCC1C(=O)NCc1n[nH]c(=S)n1C(C)C. The predicted molar refractivity (Wildman–Crippen MR) is 122 cm³/mol. The minimum atomic E-state index is -0.310. The third kappa shape index (κ3) is 4.18. The van der Waals surface area contributed by atoms with Crippen molar-refractivity contribution in [2.45, 2.75) is 71.5 Å². The third-order valence-electron chi connectivity index (χ3n) is 6.58. The maximum atomic E-state index is 13.6. The lowest BCUT2D eigenvalue weighted by molar-refractivity contribution is -0.135. The molecule has 3 unspecified atom stereocenters. The fraction of sp³-hybridized carbons (Fsp3) is 0.565. The Balaban J connectivity index is 1.49. The normalized spacial score (nSPS) is 23.1. The van der Waals surface area contributed by atoms with Gasteiger partial charge in [-0.15, -0.1) is 0 Å². The number of H-pyrrole nitrogens is 1. The molecule has 166 valence electrons. The van der Waals surface area contributed by atoms with Crippen LogP contribution in [0.1, 0.15) is 63.9 Å². The molecule has 0 bridgehead atoms. The number of hydrogen-bond acceptors (Lipinski definition) is 4. The van der Waals surface area contributed by atoms with Gasteiger partial charge in [0.2, 0.25) is 11.8 Å². The number of carbonyl (C=O) groups is 2. The first-order valence-corrected chi connectivity index (χ1v) is 11.6. The van der Waals surface area contributed by atoms with Gasteiger partial charge < -0.3 is 14.8 Å². The molecular weight excluding hydrogens is 410 g/mol. The molecule has 2 heterocycles. The average Bonchev–Trinajstić information content (AvgIpc) is 3.30. The van der Waals surface area contributed by atoms with Gasteiger partial charge in [-0.25, -0.2) is 0 Å². The predicted octanol–water partition coefficient (Wildman–Crippen LogP) is 3.92. The average molecular weight is 442 g/mol. The maximum Gasteiger partial charge on any atom is 0.231 e.